The van der Waals surface area contributed by atoms with Crippen LogP contribution in [0.15, 0.2) is 0 Å². The highest BCUT2D eigenvalue weighted by Gasteiger charge is 2.43. The minimum Gasteiger partial charge on any atom is -0.459 e. The van der Waals surface area contributed by atoms with Crippen LogP contribution in [0.5, 0.6) is 0 Å². The maximum atomic E-state index is 11.2. The van der Waals surface area contributed by atoms with E-state index in [1.165, 1.54) is 0 Å². The molecule has 0 spiro atoms. The zero-order valence-corrected chi connectivity index (χ0v) is 9.11. The van der Waals surface area contributed by atoms with Crippen molar-refractivity contribution < 1.29 is 30.0 Å². The third-order valence-electron chi connectivity index (χ3n) is 2.69. The zero-order valence-electron chi connectivity index (χ0n) is 9.11. The molecule has 0 aromatic carbocycles. The molecule has 1 aliphatic rings. The van der Waals surface area contributed by atoms with Gasteiger partial charge in [-0.1, -0.05) is 6.92 Å². The van der Waals surface area contributed by atoms with Gasteiger partial charge in [-0.15, -0.1) is 0 Å². The van der Waals surface area contributed by atoms with Crippen LogP contribution in [-0.2, 0) is 9.53 Å². The van der Waals surface area contributed by atoms with Crippen LogP contribution < -0.4 is 0 Å². The van der Waals surface area contributed by atoms with Gasteiger partial charge in [0.1, 0.15) is 24.4 Å². The highest BCUT2D eigenvalue weighted by atomic mass is 16.6. The Labute approximate surface area is 93.5 Å². The predicted molar refractivity (Wildman–Crippen MR) is 53.4 cm³/mol. The van der Waals surface area contributed by atoms with E-state index in [1.807, 2.05) is 6.92 Å². The molecule has 16 heavy (non-hydrogen) atoms. The van der Waals surface area contributed by atoms with E-state index >= 15 is 0 Å². The van der Waals surface area contributed by atoms with Crippen LogP contribution in [0.2, 0.25) is 0 Å². The zero-order chi connectivity index (χ0) is 12.3. The van der Waals surface area contributed by atoms with Gasteiger partial charge in [-0.2, -0.15) is 0 Å². The van der Waals surface area contributed by atoms with Crippen molar-refractivity contribution in [3.63, 3.8) is 0 Å². The number of hydrogen-bond donors (Lipinski definition) is 4. The van der Waals surface area contributed by atoms with Gasteiger partial charge in [-0.05, 0) is 6.42 Å². The Morgan fingerprint density at radius 1 is 1.19 bits per heavy atom. The summed E-state index contributed by atoms with van der Waals surface area (Å²) in [4.78, 5) is 11.2. The summed E-state index contributed by atoms with van der Waals surface area (Å²) in [6, 6.07) is 0. The summed E-state index contributed by atoms with van der Waals surface area (Å²) in [7, 11) is 0. The van der Waals surface area contributed by atoms with E-state index in [1.54, 1.807) is 0 Å². The molecule has 94 valence electrons. The molecule has 0 bridgehead atoms. The van der Waals surface area contributed by atoms with E-state index in [9.17, 15) is 25.2 Å². The number of carbonyl (C=O) groups excluding carboxylic acids is 1. The Bertz CT molecular complexity index is 243. The summed E-state index contributed by atoms with van der Waals surface area (Å²) in [6.45, 7) is 1.81. The van der Waals surface area contributed by atoms with E-state index in [0.717, 1.165) is 0 Å². The average molecular weight is 234 g/mol. The molecule has 4 N–H and O–H groups in total. The molecule has 0 amide bonds. The van der Waals surface area contributed by atoms with Crippen molar-refractivity contribution in [1.82, 2.24) is 0 Å². The first kappa shape index (κ1) is 13.4. The first-order valence-electron chi connectivity index (χ1n) is 5.39. The van der Waals surface area contributed by atoms with E-state index < -0.39 is 36.5 Å². The summed E-state index contributed by atoms with van der Waals surface area (Å²) in [5.41, 5.74) is 0. The molecule has 1 saturated carbocycles. The second kappa shape index (κ2) is 5.58. The Kier molecular flexibility index (Phi) is 4.67. The van der Waals surface area contributed by atoms with Crippen molar-refractivity contribution in [3.05, 3.63) is 0 Å². The number of hydrogen-bond acceptors (Lipinski definition) is 6. The number of rotatable bonds is 3. The van der Waals surface area contributed by atoms with Gasteiger partial charge in [0.05, 0.1) is 6.10 Å². The molecule has 0 heterocycles. The lowest BCUT2D eigenvalue weighted by atomic mass is 9.87. The topological polar surface area (TPSA) is 107 Å². The van der Waals surface area contributed by atoms with Crippen LogP contribution in [0.4, 0.5) is 0 Å². The lowest BCUT2D eigenvalue weighted by Crippen LogP contribution is -2.56. The molecule has 0 saturated heterocycles. The Hall–Kier alpha value is -0.690. The molecule has 6 heteroatoms. The van der Waals surface area contributed by atoms with Crippen LogP contribution in [0, 0.1) is 0 Å². The minimum atomic E-state index is -1.50. The van der Waals surface area contributed by atoms with Gasteiger partial charge >= 0.3 is 5.97 Å². The summed E-state index contributed by atoms with van der Waals surface area (Å²) in [6.07, 6.45) is -5.66. The lowest BCUT2D eigenvalue weighted by Gasteiger charge is -2.37. The first-order chi connectivity index (χ1) is 7.47. The molecule has 6 nitrogen and oxygen atoms in total. The van der Waals surface area contributed by atoms with Crippen molar-refractivity contribution in [2.24, 2.45) is 0 Å². The van der Waals surface area contributed by atoms with Gasteiger partial charge in [0, 0.05) is 12.8 Å². The van der Waals surface area contributed by atoms with Gasteiger partial charge in [0.2, 0.25) is 0 Å². The molecule has 5 atom stereocenters. The fourth-order valence-electron chi connectivity index (χ4n) is 1.72. The molecule has 0 aromatic rings. The third kappa shape index (κ3) is 2.91. The summed E-state index contributed by atoms with van der Waals surface area (Å²) in [5.74, 6) is -0.484. The fraction of sp³-hybridized carbons (Fsp3) is 0.900. The summed E-state index contributed by atoms with van der Waals surface area (Å²) >= 11 is 0. The summed E-state index contributed by atoms with van der Waals surface area (Å²) < 4.78 is 4.91. The highest BCUT2D eigenvalue weighted by molar-refractivity contribution is 5.69. The van der Waals surface area contributed by atoms with E-state index in [4.69, 9.17) is 4.74 Å². The maximum absolute atomic E-state index is 11.2. The molecule has 1 aliphatic carbocycles. The summed E-state index contributed by atoms with van der Waals surface area (Å²) in [5, 5.41) is 37.6. The lowest BCUT2D eigenvalue weighted by molar-refractivity contribution is -0.196. The number of ether oxygens (including phenoxy) is 1. The monoisotopic (exact) mass is 234 g/mol. The first-order valence-corrected chi connectivity index (χ1v) is 5.39. The van der Waals surface area contributed by atoms with Crippen LogP contribution in [-0.4, -0.2) is 56.9 Å². The SMILES string of the molecule is CCCC(=O)O[C@@H]1C[C@H](O)[C@@H](O)[C@H](O)[C@H]1O. The van der Waals surface area contributed by atoms with E-state index in [0.29, 0.717) is 6.42 Å². The standard InChI is InChI=1S/C10H18O6/c1-2-3-7(12)16-6-4-5(11)8(13)10(15)9(6)14/h5-6,8-11,13-15H,2-4H2,1H3/t5-,6+,8+,9-,10-/m0/s1. The number of aliphatic hydroxyl groups excluding tert-OH is 4. The van der Waals surface area contributed by atoms with Gasteiger partial charge in [0.15, 0.2) is 0 Å². The molecule has 1 fully saturated rings. The number of aliphatic hydroxyl groups is 4. The second-order valence-corrected chi connectivity index (χ2v) is 4.05. The van der Waals surface area contributed by atoms with E-state index in [2.05, 4.69) is 0 Å². The van der Waals surface area contributed by atoms with Gasteiger partial charge in [-0.25, -0.2) is 0 Å². The average Bonchev–Trinajstić information content (AvgIpc) is 2.23. The third-order valence-corrected chi connectivity index (χ3v) is 2.69. The van der Waals surface area contributed by atoms with Crippen molar-refractivity contribution in [1.29, 1.82) is 0 Å². The fourth-order valence-corrected chi connectivity index (χ4v) is 1.72. The van der Waals surface area contributed by atoms with Crippen LogP contribution in [0.3, 0.4) is 0 Å². The molecular weight excluding hydrogens is 216 g/mol. The quantitative estimate of drug-likeness (QED) is 0.445. The Morgan fingerprint density at radius 2 is 1.81 bits per heavy atom. The molecule has 0 unspecified atom stereocenters. The minimum absolute atomic E-state index is 0.0746. The van der Waals surface area contributed by atoms with Crippen molar-refractivity contribution in [3.8, 4) is 0 Å². The van der Waals surface area contributed by atoms with Crippen molar-refractivity contribution in [2.45, 2.75) is 56.7 Å². The molecular formula is C10H18O6. The molecule has 0 aliphatic heterocycles. The predicted octanol–water partition coefficient (Wildman–Crippen LogP) is -1.45. The number of esters is 1. The molecule has 0 radical (unpaired) electrons. The largest absolute Gasteiger partial charge is 0.459 e. The van der Waals surface area contributed by atoms with Crippen molar-refractivity contribution >= 4 is 5.97 Å². The maximum Gasteiger partial charge on any atom is 0.306 e. The smallest absolute Gasteiger partial charge is 0.306 e. The van der Waals surface area contributed by atoms with Crippen LogP contribution in [0.25, 0.3) is 0 Å². The van der Waals surface area contributed by atoms with Gasteiger partial charge < -0.3 is 25.2 Å². The van der Waals surface area contributed by atoms with Gasteiger partial charge in [-0.3, -0.25) is 4.79 Å². The van der Waals surface area contributed by atoms with E-state index in [-0.39, 0.29) is 12.8 Å². The van der Waals surface area contributed by atoms with Crippen LogP contribution >= 0.6 is 0 Å². The molecule has 0 aromatic heterocycles. The van der Waals surface area contributed by atoms with Gasteiger partial charge in [0.25, 0.3) is 0 Å². The Balaban J connectivity index is 2.57. The number of carbonyl (C=O) groups is 1. The molecule has 1 rings (SSSR count). The van der Waals surface area contributed by atoms with Crippen LogP contribution in [0.1, 0.15) is 26.2 Å². The van der Waals surface area contributed by atoms with Crippen molar-refractivity contribution in [2.75, 3.05) is 0 Å². The Morgan fingerprint density at radius 3 is 2.38 bits per heavy atom. The normalized spacial score (nSPS) is 39.4. The highest BCUT2D eigenvalue weighted by Crippen LogP contribution is 2.23. The second-order valence-electron chi connectivity index (χ2n) is 4.05.